The van der Waals surface area contributed by atoms with E-state index in [4.69, 9.17) is 4.74 Å². The van der Waals surface area contributed by atoms with Crippen molar-refractivity contribution >= 4 is 5.97 Å². The first-order valence-corrected chi connectivity index (χ1v) is 8.29. The van der Waals surface area contributed by atoms with Gasteiger partial charge in [-0.25, -0.2) is 4.79 Å². The summed E-state index contributed by atoms with van der Waals surface area (Å²) in [6.45, 7) is 4.89. The minimum Gasteiger partial charge on any atom is -0.478 e. The summed E-state index contributed by atoms with van der Waals surface area (Å²) in [6.07, 6.45) is 3.17. The predicted octanol–water partition coefficient (Wildman–Crippen LogP) is 2.28. The van der Waals surface area contributed by atoms with E-state index in [1.807, 2.05) is 19.1 Å². The van der Waals surface area contributed by atoms with Crippen molar-refractivity contribution in [2.24, 2.45) is 0 Å². The Hall–Kier alpha value is -1.43. The summed E-state index contributed by atoms with van der Waals surface area (Å²) < 4.78 is 6.02. The van der Waals surface area contributed by atoms with Gasteiger partial charge in [-0.2, -0.15) is 0 Å². The molecule has 0 bridgehead atoms. The number of rotatable bonds is 3. The zero-order chi connectivity index (χ0) is 16.5. The molecule has 3 rings (SSSR count). The van der Waals surface area contributed by atoms with E-state index in [1.165, 1.54) is 0 Å². The third-order valence-corrected chi connectivity index (χ3v) is 5.16. The lowest BCUT2D eigenvalue weighted by Gasteiger charge is -2.48. The Morgan fingerprint density at radius 2 is 1.96 bits per heavy atom. The highest BCUT2D eigenvalue weighted by Crippen LogP contribution is 2.39. The zero-order valence-electron chi connectivity index (χ0n) is 13.6. The van der Waals surface area contributed by atoms with Crippen LogP contribution in [0, 0.1) is 0 Å². The number of hydrogen-bond acceptors (Lipinski definition) is 4. The Kier molecular flexibility index (Phi) is 4.45. The highest BCUT2D eigenvalue weighted by Gasteiger charge is 2.44. The largest absolute Gasteiger partial charge is 0.478 e. The molecule has 1 aromatic carbocycles. The van der Waals surface area contributed by atoms with Crippen LogP contribution in [-0.4, -0.2) is 52.0 Å². The van der Waals surface area contributed by atoms with E-state index in [1.54, 1.807) is 12.1 Å². The second-order valence-electron chi connectivity index (χ2n) is 7.19. The molecule has 5 nitrogen and oxygen atoms in total. The molecule has 0 amide bonds. The van der Waals surface area contributed by atoms with Crippen molar-refractivity contribution in [1.29, 1.82) is 0 Å². The molecule has 1 atom stereocenters. The van der Waals surface area contributed by atoms with Crippen LogP contribution >= 0.6 is 0 Å². The van der Waals surface area contributed by atoms with Crippen LogP contribution in [0.5, 0.6) is 0 Å². The van der Waals surface area contributed by atoms with E-state index in [2.05, 4.69) is 4.90 Å². The van der Waals surface area contributed by atoms with Crippen LogP contribution in [0.2, 0.25) is 0 Å². The molecule has 2 aliphatic heterocycles. The fourth-order valence-corrected chi connectivity index (χ4v) is 3.87. The first kappa shape index (κ1) is 16.4. The Morgan fingerprint density at radius 3 is 2.61 bits per heavy atom. The number of carboxylic acids is 1. The quantitative estimate of drug-likeness (QED) is 0.894. The number of ether oxygens (including phenoxy) is 1. The summed E-state index contributed by atoms with van der Waals surface area (Å²) in [7, 11) is 0. The number of piperidine rings is 1. The Balaban J connectivity index is 1.63. The van der Waals surface area contributed by atoms with Crippen molar-refractivity contribution in [2.45, 2.75) is 50.4 Å². The van der Waals surface area contributed by atoms with Crippen LogP contribution in [0.4, 0.5) is 0 Å². The normalized spacial score (nSPS) is 27.9. The van der Waals surface area contributed by atoms with Gasteiger partial charge in [-0.3, -0.25) is 4.90 Å². The van der Waals surface area contributed by atoms with Crippen molar-refractivity contribution in [2.75, 3.05) is 19.7 Å². The molecule has 2 fully saturated rings. The summed E-state index contributed by atoms with van der Waals surface area (Å²) in [4.78, 5) is 13.6. The van der Waals surface area contributed by atoms with Crippen LogP contribution in [0.3, 0.4) is 0 Å². The van der Waals surface area contributed by atoms with Gasteiger partial charge in [-0.15, -0.1) is 0 Å². The van der Waals surface area contributed by atoms with Crippen LogP contribution < -0.4 is 0 Å². The fourth-order valence-electron chi connectivity index (χ4n) is 3.87. The van der Waals surface area contributed by atoms with Crippen molar-refractivity contribution in [3.05, 3.63) is 35.4 Å². The van der Waals surface area contributed by atoms with Gasteiger partial charge >= 0.3 is 5.97 Å². The molecule has 1 aromatic rings. The molecule has 0 saturated carbocycles. The predicted molar refractivity (Wildman–Crippen MR) is 86.5 cm³/mol. The molecular weight excluding hydrogens is 294 g/mol. The SMILES string of the molecule is CC1(O)CCOC2(CCN(Cc3ccccc3C(=O)O)CC2)C1. The summed E-state index contributed by atoms with van der Waals surface area (Å²) in [5.41, 5.74) is 0.401. The van der Waals surface area contributed by atoms with Gasteiger partial charge < -0.3 is 14.9 Å². The standard InChI is InChI=1S/C18H25NO4/c1-17(22)8-11-23-18(13-17)6-9-19(10-7-18)12-14-4-2-3-5-15(14)16(20)21/h2-5,22H,6-13H2,1H3,(H,20,21). The number of likely N-dealkylation sites (tertiary alicyclic amines) is 1. The molecule has 0 aromatic heterocycles. The van der Waals surface area contributed by atoms with Gasteiger partial charge in [-0.1, -0.05) is 18.2 Å². The van der Waals surface area contributed by atoms with Crippen molar-refractivity contribution in [3.8, 4) is 0 Å². The Bertz CT molecular complexity index is 576. The lowest BCUT2D eigenvalue weighted by molar-refractivity contribution is -0.173. The number of carboxylic acid groups (broad SMARTS) is 1. The average Bonchev–Trinajstić information content (AvgIpc) is 2.49. The van der Waals surface area contributed by atoms with Crippen molar-refractivity contribution < 1.29 is 19.7 Å². The maximum atomic E-state index is 11.3. The zero-order valence-corrected chi connectivity index (χ0v) is 13.6. The van der Waals surface area contributed by atoms with E-state index in [-0.39, 0.29) is 5.60 Å². The molecule has 5 heteroatoms. The number of hydrogen-bond donors (Lipinski definition) is 2. The fraction of sp³-hybridized carbons (Fsp3) is 0.611. The van der Waals surface area contributed by atoms with Gasteiger partial charge in [0.15, 0.2) is 0 Å². The molecule has 2 N–H and O–H groups in total. The molecule has 1 spiro atoms. The highest BCUT2D eigenvalue weighted by molar-refractivity contribution is 5.89. The van der Waals surface area contributed by atoms with Gasteiger partial charge in [0, 0.05) is 26.1 Å². The third-order valence-electron chi connectivity index (χ3n) is 5.16. The molecule has 0 radical (unpaired) electrons. The van der Waals surface area contributed by atoms with Crippen LogP contribution in [0.1, 0.15) is 48.5 Å². The van der Waals surface area contributed by atoms with Gasteiger partial charge in [0.25, 0.3) is 0 Å². The minimum atomic E-state index is -0.874. The maximum absolute atomic E-state index is 11.3. The molecule has 23 heavy (non-hydrogen) atoms. The van der Waals surface area contributed by atoms with E-state index in [0.29, 0.717) is 31.6 Å². The molecule has 1 unspecified atom stereocenters. The van der Waals surface area contributed by atoms with E-state index >= 15 is 0 Å². The minimum absolute atomic E-state index is 0.204. The van der Waals surface area contributed by atoms with Crippen molar-refractivity contribution in [3.63, 3.8) is 0 Å². The number of aromatic carboxylic acids is 1. The first-order chi connectivity index (χ1) is 10.9. The van der Waals surface area contributed by atoms with Gasteiger partial charge in [0.1, 0.15) is 0 Å². The Labute approximate surface area is 136 Å². The number of carbonyl (C=O) groups is 1. The smallest absolute Gasteiger partial charge is 0.336 e. The lowest BCUT2D eigenvalue weighted by Crippen LogP contribution is -2.53. The summed E-state index contributed by atoms with van der Waals surface area (Å²) in [6, 6.07) is 7.19. The second-order valence-corrected chi connectivity index (χ2v) is 7.19. The molecule has 0 aliphatic carbocycles. The molecule has 2 saturated heterocycles. The van der Waals surface area contributed by atoms with E-state index in [0.717, 1.165) is 31.5 Å². The monoisotopic (exact) mass is 319 g/mol. The van der Waals surface area contributed by atoms with Gasteiger partial charge in [-0.05, 0) is 37.8 Å². The van der Waals surface area contributed by atoms with Gasteiger partial charge in [0.2, 0.25) is 0 Å². The first-order valence-electron chi connectivity index (χ1n) is 8.29. The van der Waals surface area contributed by atoms with E-state index < -0.39 is 11.6 Å². The molecular formula is C18H25NO4. The summed E-state index contributed by atoms with van der Waals surface area (Å²) in [5, 5.41) is 19.6. The van der Waals surface area contributed by atoms with Crippen molar-refractivity contribution in [1.82, 2.24) is 4.90 Å². The highest BCUT2D eigenvalue weighted by atomic mass is 16.5. The van der Waals surface area contributed by atoms with Crippen LogP contribution in [0.15, 0.2) is 24.3 Å². The second kappa shape index (κ2) is 6.23. The lowest BCUT2D eigenvalue weighted by atomic mass is 9.78. The Morgan fingerprint density at radius 1 is 1.26 bits per heavy atom. The number of nitrogens with zero attached hydrogens (tertiary/aromatic N) is 1. The van der Waals surface area contributed by atoms with Crippen LogP contribution in [-0.2, 0) is 11.3 Å². The van der Waals surface area contributed by atoms with Gasteiger partial charge in [0.05, 0.1) is 23.4 Å². The van der Waals surface area contributed by atoms with Crippen LogP contribution in [0.25, 0.3) is 0 Å². The number of benzene rings is 1. The third kappa shape index (κ3) is 3.74. The molecule has 2 heterocycles. The number of aliphatic hydroxyl groups is 1. The summed E-state index contributed by atoms with van der Waals surface area (Å²) >= 11 is 0. The molecule has 126 valence electrons. The maximum Gasteiger partial charge on any atom is 0.336 e. The molecule has 2 aliphatic rings. The average molecular weight is 319 g/mol. The van der Waals surface area contributed by atoms with E-state index in [9.17, 15) is 15.0 Å². The summed E-state index contributed by atoms with van der Waals surface area (Å²) in [5.74, 6) is -0.874. The topological polar surface area (TPSA) is 70.0 Å².